The molecule has 19 heavy (non-hydrogen) atoms. The van der Waals surface area contributed by atoms with Crippen LogP contribution in [-0.2, 0) is 0 Å². The molecule has 0 aliphatic rings. The Morgan fingerprint density at radius 3 is 2.53 bits per heavy atom. The average Bonchev–Trinajstić information content (AvgIpc) is 2.31. The molecule has 0 aliphatic carbocycles. The number of ether oxygens (including phenoxy) is 1. The third-order valence-corrected chi connectivity index (χ3v) is 3.78. The number of methoxy groups -OCH3 is 1. The van der Waals surface area contributed by atoms with E-state index in [0.717, 1.165) is 20.4 Å². The summed E-state index contributed by atoms with van der Waals surface area (Å²) in [5, 5.41) is 3.57. The minimum Gasteiger partial charge on any atom is -0.495 e. The normalized spacial score (nSPS) is 10.4. The van der Waals surface area contributed by atoms with Gasteiger partial charge in [0.1, 0.15) is 22.5 Å². The van der Waals surface area contributed by atoms with Crippen molar-refractivity contribution in [1.82, 2.24) is 9.97 Å². The van der Waals surface area contributed by atoms with Crippen molar-refractivity contribution >= 4 is 55.0 Å². The molecule has 0 amide bonds. The average molecular weight is 407 g/mol. The molecule has 0 saturated carbocycles. The second kappa shape index (κ2) is 6.07. The van der Waals surface area contributed by atoms with Crippen LogP contribution >= 0.6 is 43.5 Å². The van der Waals surface area contributed by atoms with Gasteiger partial charge >= 0.3 is 0 Å². The molecule has 0 saturated heterocycles. The van der Waals surface area contributed by atoms with Gasteiger partial charge in [-0.05, 0) is 44.8 Å². The molecule has 2 rings (SSSR count). The van der Waals surface area contributed by atoms with Crippen LogP contribution in [0.1, 0.15) is 5.82 Å². The molecular weight excluding hydrogens is 397 g/mol. The summed E-state index contributed by atoms with van der Waals surface area (Å²) in [6, 6.07) is 5.42. The molecule has 1 N–H and O–H groups in total. The predicted molar refractivity (Wildman–Crippen MR) is 83.5 cm³/mol. The molecule has 4 nitrogen and oxygen atoms in total. The molecule has 0 unspecified atom stereocenters. The maximum Gasteiger partial charge on any atom is 0.135 e. The van der Waals surface area contributed by atoms with Gasteiger partial charge in [-0.2, -0.15) is 0 Å². The van der Waals surface area contributed by atoms with E-state index in [4.69, 9.17) is 16.3 Å². The summed E-state index contributed by atoms with van der Waals surface area (Å²) in [5.74, 6) is 1.96. The molecule has 0 aliphatic heterocycles. The smallest absolute Gasteiger partial charge is 0.135 e. The highest BCUT2D eigenvalue weighted by atomic mass is 79.9. The van der Waals surface area contributed by atoms with Crippen molar-refractivity contribution in [3.05, 3.63) is 38.1 Å². The number of hydrogen-bond donors (Lipinski definition) is 1. The molecule has 0 bridgehead atoms. The first-order chi connectivity index (χ1) is 8.99. The van der Waals surface area contributed by atoms with Gasteiger partial charge in [-0.15, -0.1) is 0 Å². The van der Waals surface area contributed by atoms with Gasteiger partial charge < -0.3 is 10.1 Å². The van der Waals surface area contributed by atoms with Crippen molar-refractivity contribution in [2.24, 2.45) is 0 Å². The first-order valence-corrected chi connectivity index (χ1v) is 7.27. The third kappa shape index (κ3) is 3.58. The fourth-order valence-electron chi connectivity index (χ4n) is 1.51. The summed E-state index contributed by atoms with van der Waals surface area (Å²) in [5.41, 5.74) is 0.828. The van der Waals surface area contributed by atoms with Crippen molar-refractivity contribution < 1.29 is 4.74 Å². The lowest BCUT2D eigenvalue weighted by atomic mass is 10.3. The van der Waals surface area contributed by atoms with E-state index in [1.165, 1.54) is 0 Å². The van der Waals surface area contributed by atoms with Gasteiger partial charge in [0.15, 0.2) is 0 Å². The highest BCUT2D eigenvalue weighted by molar-refractivity contribution is 9.11. The first kappa shape index (κ1) is 14.6. The lowest BCUT2D eigenvalue weighted by molar-refractivity contribution is 0.412. The maximum absolute atomic E-state index is 5.90. The number of nitrogens with zero attached hydrogens (tertiary/aromatic N) is 2. The highest BCUT2D eigenvalue weighted by Gasteiger charge is 2.09. The number of benzene rings is 1. The van der Waals surface area contributed by atoms with E-state index >= 15 is 0 Å². The van der Waals surface area contributed by atoms with Crippen molar-refractivity contribution in [3.8, 4) is 5.75 Å². The molecule has 2 aromatic rings. The molecule has 0 spiro atoms. The van der Waals surface area contributed by atoms with E-state index in [-0.39, 0.29) is 0 Å². The molecule has 0 atom stereocenters. The second-order valence-electron chi connectivity index (χ2n) is 3.71. The molecule has 1 heterocycles. The van der Waals surface area contributed by atoms with E-state index in [1.807, 2.05) is 12.1 Å². The van der Waals surface area contributed by atoms with Crippen molar-refractivity contribution in [2.45, 2.75) is 6.92 Å². The van der Waals surface area contributed by atoms with Gasteiger partial charge in [0.25, 0.3) is 0 Å². The van der Waals surface area contributed by atoms with Gasteiger partial charge in [0.2, 0.25) is 0 Å². The quantitative estimate of drug-likeness (QED) is 0.749. The zero-order valence-electron chi connectivity index (χ0n) is 10.2. The van der Waals surface area contributed by atoms with Crippen LogP contribution in [-0.4, -0.2) is 17.1 Å². The minimum atomic E-state index is 0.398. The van der Waals surface area contributed by atoms with Crippen LogP contribution in [0.5, 0.6) is 5.75 Å². The van der Waals surface area contributed by atoms with E-state index in [9.17, 15) is 0 Å². The van der Waals surface area contributed by atoms with Crippen LogP contribution < -0.4 is 10.1 Å². The monoisotopic (exact) mass is 405 g/mol. The predicted octanol–water partition coefficient (Wildman–Crippen LogP) is 4.72. The second-order valence-corrected chi connectivity index (χ2v) is 5.81. The third-order valence-electron chi connectivity index (χ3n) is 2.31. The summed E-state index contributed by atoms with van der Waals surface area (Å²) in [4.78, 5) is 8.28. The van der Waals surface area contributed by atoms with Crippen molar-refractivity contribution in [1.29, 1.82) is 0 Å². The molecule has 1 aromatic carbocycles. The molecular formula is C12H10Br2ClN3O. The highest BCUT2D eigenvalue weighted by Crippen LogP contribution is 2.35. The lowest BCUT2D eigenvalue weighted by Gasteiger charge is -2.11. The largest absolute Gasteiger partial charge is 0.495 e. The van der Waals surface area contributed by atoms with Gasteiger partial charge in [-0.1, -0.05) is 11.6 Å². The first-order valence-electron chi connectivity index (χ1n) is 5.31. The minimum absolute atomic E-state index is 0.398. The van der Waals surface area contributed by atoms with Gasteiger partial charge in [-0.3, -0.25) is 0 Å². The van der Waals surface area contributed by atoms with Crippen LogP contribution in [0.4, 0.5) is 11.5 Å². The summed E-state index contributed by atoms with van der Waals surface area (Å²) in [7, 11) is 1.61. The number of anilines is 2. The zero-order valence-corrected chi connectivity index (χ0v) is 14.1. The van der Waals surface area contributed by atoms with Crippen molar-refractivity contribution in [3.63, 3.8) is 0 Å². The van der Waals surface area contributed by atoms with Gasteiger partial charge in [0.05, 0.1) is 17.3 Å². The Kier molecular flexibility index (Phi) is 4.65. The van der Waals surface area contributed by atoms with Crippen LogP contribution in [0, 0.1) is 6.92 Å². The molecule has 7 heteroatoms. The Hall–Kier alpha value is -0.850. The molecule has 0 radical (unpaired) electrons. The number of aryl methyl sites for hydroxylation is 1. The van der Waals surface area contributed by atoms with Crippen LogP contribution in [0.15, 0.2) is 27.1 Å². The fraction of sp³-hybridized carbons (Fsp3) is 0.167. The molecule has 100 valence electrons. The number of aromatic nitrogens is 2. The zero-order chi connectivity index (χ0) is 14.0. The summed E-state index contributed by atoms with van der Waals surface area (Å²) < 4.78 is 7.01. The standard InChI is InChI=1S/C12H10Br2ClN3O/c1-6-16-11(15)5-12(17-6)18-9-4-10(19-2)8(14)3-7(9)13/h3-5H,1-2H3,(H,16,17,18). The van der Waals surface area contributed by atoms with E-state index in [1.54, 1.807) is 20.1 Å². The van der Waals surface area contributed by atoms with Crippen LogP contribution in [0.3, 0.4) is 0 Å². The van der Waals surface area contributed by atoms with E-state index in [2.05, 4.69) is 47.1 Å². The number of rotatable bonds is 3. The Balaban J connectivity index is 2.37. The van der Waals surface area contributed by atoms with Crippen LogP contribution in [0.2, 0.25) is 5.15 Å². The Bertz CT molecular complexity index is 602. The number of nitrogens with one attached hydrogen (secondary N) is 1. The van der Waals surface area contributed by atoms with Crippen LogP contribution in [0.25, 0.3) is 0 Å². The Labute approximate surface area is 132 Å². The summed E-state index contributed by atoms with van der Waals surface area (Å²) in [6.45, 7) is 1.79. The van der Waals surface area contributed by atoms with Gasteiger partial charge in [-0.25, -0.2) is 9.97 Å². The number of halogens is 3. The summed E-state index contributed by atoms with van der Waals surface area (Å²) >= 11 is 12.8. The Morgan fingerprint density at radius 2 is 1.89 bits per heavy atom. The summed E-state index contributed by atoms with van der Waals surface area (Å²) in [6.07, 6.45) is 0. The topological polar surface area (TPSA) is 47.0 Å². The SMILES string of the molecule is COc1cc(Nc2cc(Cl)nc(C)n2)c(Br)cc1Br. The fourth-order valence-corrected chi connectivity index (χ4v) is 3.00. The number of hydrogen-bond acceptors (Lipinski definition) is 4. The maximum atomic E-state index is 5.90. The lowest BCUT2D eigenvalue weighted by Crippen LogP contribution is -1.98. The van der Waals surface area contributed by atoms with E-state index in [0.29, 0.717) is 16.8 Å². The van der Waals surface area contributed by atoms with Crippen molar-refractivity contribution in [2.75, 3.05) is 12.4 Å². The van der Waals surface area contributed by atoms with Gasteiger partial charge in [0, 0.05) is 16.6 Å². The Morgan fingerprint density at radius 1 is 1.16 bits per heavy atom. The molecule has 0 fully saturated rings. The molecule has 1 aromatic heterocycles. The van der Waals surface area contributed by atoms with E-state index < -0.39 is 0 Å².